The van der Waals surface area contributed by atoms with Crippen LogP contribution in [0.4, 0.5) is 13.2 Å². The Morgan fingerprint density at radius 2 is 0.868 bits per heavy atom. The first-order chi connectivity index (χ1) is 18.2. The highest BCUT2D eigenvalue weighted by Crippen LogP contribution is 2.46. The molecule has 0 aliphatic heterocycles. The smallest absolute Gasteiger partial charge is 0.307 e. The highest BCUT2D eigenvalue weighted by Gasteiger charge is 2.41. The van der Waals surface area contributed by atoms with E-state index in [9.17, 15) is 22.3 Å². The minimum absolute atomic E-state index is 0.156. The molecule has 5 aromatic heterocycles. The van der Waals surface area contributed by atoms with E-state index in [4.69, 9.17) is 0 Å². The number of pyridine rings is 5. The van der Waals surface area contributed by atoms with E-state index in [-0.39, 0.29) is 21.2 Å². The molecular formula is C26H18F3N5O2P2. The quantitative estimate of drug-likeness (QED) is 0.300. The summed E-state index contributed by atoms with van der Waals surface area (Å²) in [7, 11) is -8.08. The molecule has 0 aromatic carbocycles. The fraction of sp³-hybridized carbons (Fsp3) is 0.0385. The van der Waals surface area contributed by atoms with Crippen LogP contribution in [0.1, 0.15) is 5.56 Å². The van der Waals surface area contributed by atoms with Gasteiger partial charge in [-0.25, -0.2) is 4.98 Å². The van der Waals surface area contributed by atoms with Crippen molar-refractivity contribution in [3.05, 3.63) is 116 Å². The highest BCUT2D eigenvalue weighted by atomic mass is 31.2. The standard InChI is InChI=1S/C26H18F3N5O2P2/c27-26(28,29)19-13-24(37(35,20-5-1-9-30-15-20)21-6-2-10-31-16-21)34-25(14-19)38(36,22-7-3-11-32-17-22)23-8-4-12-33-18-23/h1-18H. The second-order valence-electron chi connectivity index (χ2n) is 8.13. The van der Waals surface area contributed by atoms with Gasteiger partial charge >= 0.3 is 6.18 Å². The third-order valence-corrected chi connectivity index (χ3v) is 11.5. The summed E-state index contributed by atoms with van der Waals surface area (Å²) in [5, 5.41) is 0.624. The molecule has 7 nitrogen and oxygen atoms in total. The zero-order chi connectivity index (χ0) is 26.8. The van der Waals surface area contributed by atoms with Crippen molar-refractivity contribution in [3.63, 3.8) is 0 Å². The second kappa shape index (κ2) is 10.0. The number of hydrogen-bond donors (Lipinski definition) is 0. The molecule has 5 heterocycles. The summed E-state index contributed by atoms with van der Waals surface area (Å²) < 4.78 is 72.5. The van der Waals surface area contributed by atoms with E-state index in [1.54, 1.807) is 0 Å². The van der Waals surface area contributed by atoms with Crippen molar-refractivity contribution < 1.29 is 22.3 Å². The van der Waals surface area contributed by atoms with Crippen LogP contribution in [-0.2, 0) is 15.3 Å². The Morgan fingerprint density at radius 1 is 0.553 bits per heavy atom. The molecule has 0 fully saturated rings. The van der Waals surface area contributed by atoms with Crippen LogP contribution < -0.4 is 32.1 Å². The maximum absolute atomic E-state index is 14.8. The van der Waals surface area contributed by atoms with Crippen molar-refractivity contribution in [1.82, 2.24) is 24.9 Å². The van der Waals surface area contributed by atoms with Crippen LogP contribution in [0.2, 0.25) is 0 Å². The van der Waals surface area contributed by atoms with Crippen molar-refractivity contribution >= 4 is 46.4 Å². The van der Waals surface area contributed by atoms with E-state index < -0.39 is 36.9 Å². The summed E-state index contributed by atoms with van der Waals surface area (Å²) >= 11 is 0. The summed E-state index contributed by atoms with van der Waals surface area (Å²) in [6, 6.07) is 13.6. The predicted octanol–water partition coefficient (Wildman–Crippen LogP) is 2.96. The Labute approximate surface area is 215 Å². The van der Waals surface area contributed by atoms with E-state index in [0.717, 1.165) is 12.1 Å². The molecule has 0 saturated carbocycles. The number of halogens is 3. The molecule has 12 heteroatoms. The van der Waals surface area contributed by atoms with Gasteiger partial charge in [-0.15, -0.1) is 0 Å². The number of alkyl halides is 3. The predicted molar refractivity (Wildman–Crippen MR) is 139 cm³/mol. The van der Waals surface area contributed by atoms with Crippen LogP contribution >= 0.6 is 14.3 Å². The largest absolute Gasteiger partial charge is 0.416 e. The highest BCUT2D eigenvalue weighted by molar-refractivity contribution is 7.86. The lowest BCUT2D eigenvalue weighted by molar-refractivity contribution is -0.137. The van der Waals surface area contributed by atoms with Crippen LogP contribution in [0.5, 0.6) is 0 Å². The zero-order valence-corrected chi connectivity index (χ0v) is 21.3. The average Bonchev–Trinajstić information content (AvgIpc) is 2.97. The van der Waals surface area contributed by atoms with Crippen molar-refractivity contribution in [2.75, 3.05) is 0 Å². The van der Waals surface area contributed by atoms with Crippen LogP contribution in [0.15, 0.2) is 110 Å². The lowest BCUT2D eigenvalue weighted by atomic mass is 10.3. The summed E-state index contributed by atoms with van der Waals surface area (Å²) in [4.78, 5) is 20.6. The molecule has 5 rings (SSSR count). The summed E-state index contributed by atoms with van der Waals surface area (Å²) in [5.41, 5.74) is -1.92. The van der Waals surface area contributed by atoms with Crippen molar-refractivity contribution in [3.8, 4) is 0 Å². The Bertz CT molecular complexity index is 1450. The van der Waals surface area contributed by atoms with Gasteiger partial charge < -0.3 is 9.13 Å². The fourth-order valence-electron chi connectivity index (χ4n) is 3.98. The van der Waals surface area contributed by atoms with Gasteiger partial charge in [-0.3, -0.25) is 19.9 Å². The molecule has 0 radical (unpaired) electrons. The molecule has 0 atom stereocenters. The van der Waals surface area contributed by atoms with Crippen molar-refractivity contribution in [2.24, 2.45) is 0 Å². The zero-order valence-electron chi connectivity index (χ0n) is 19.5. The van der Waals surface area contributed by atoms with E-state index in [0.29, 0.717) is 0 Å². The summed E-state index contributed by atoms with van der Waals surface area (Å²) in [6.07, 6.45) is 6.25. The van der Waals surface area contributed by atoms with Gasteiger partial charge in [-0.1, -0.05) is 0 Å². The minimum Gasteiger partial charge on any atom is -0.307 e. The molecule has 5 aromatic rings. The lowest BCUT2D eigenvalue weighted by Gasteiger charge is -2.23. The molecule has 0 N–H and O–H groups in total. The normalized spacial score (nSPS) is 12.3. The maximum atomic E-state index is 14.8. The number of nitrogens with zero attached hydrogens (tertiary/aromatic N) is 5. The molecule has 0 spiro atoms. The van der Waals surface area contributed by atoms with Crippen LogP contribution in [0, 0.1) is 0 Å². The monoisotopic (exact) mass is 551 g/mol. The van der Waals surface area contributed by atoms with Gasteiger partial charge in [0.2, 0.25) is 0 Å². The van der Waals surface area contributed by atoms with E-state index >= 15 is 0 Å². The third-order valence-electron chi connectivity index (χ3n) is 5.81. The van der Waals surface area contributed by atoms with Crippen molar-refractivity contribution in [1.29, 1.82) is 0 Å². The van der Waals surface area contributed by atoms with Crippen LogP contribution in [0.25, 0.3) is 0 Å². The molecule has 0 unspecified atom stereocenters. The number of rotatable bonds is 6. The topological polar surface area (TPSA) is 98.6 Å². The van der Waals surface area contributed by atoms with Crippen molar-refractivity contribution in [2.45, 2.75) is 6.18 Å². The van der Waals surface area contributed by atoms with E-state index in [1.165, 1.54) is 98.1 Å². The van der Waals surface area contributed by atoms with Crippen LogP contribution in [-0.4, -0.2) is 24.9 Å². The fourth-order valence-corrected chi connectivity index (χ4v) is 8.95. The molecule has 0 bridgehead atoms. The Morgan fingerprint density at radius 3 is 1.11 bits per heavy atom. The van der Waals surface area contributed by atoms with Gasteiger partial charge in [0.15, 0.2) is 14.3 Å². The first-order valence-electron chi connectivity index (χ1n) is 11.2. The Hall–Kier alpha value is -4.00. The second-order valence-corrected chi connectivity index (χ2v) is 13.6. The van der Waals surface area contributed by atoms with Gasteiger partial charge in [-0.2, -0.15) is 13.2 Å². The van der Waals surface area contributed by atoms with Crippen LogP contribution in [0.3, 0.4) is 0 Å². The van der Waals surface area contributed by atoms with Gasteiger partial charge in [0.25, 0.3) is 0 Å². The Kier molecular flexibility index (Phi) is 6.78. The van der Waals surface area contributed by atoms with Gasteiger partial charge in [0, 0.05) is 70.8 Å². The van der Waals surface area contributed by atoms with E-state index in [2.05, 4.69) is 24.9 Å². The number of hydrogen-bond acceptors (Lipinski definition) is 7. The third kappa shape index (κ3) is 4.57. The summed E-state index contributed by atoms with van der Waals surface area (Å²) in [6.45, 7) is 0. The van der Waals surface area contributed by atoms with Gasteiger partial charge in [0.05, 0.1) is 5.56 Å². The molecule has 0 aliphatic rings. The van der Waals surface area contributed by atoms with E-state index in [1.807, 2.05) is 0 Å². The maximum Gasteiger partial charge on any atom is 0.416 e. The lowest BCUT2D eigenvalue weighted by Crippen LogP contribution is -2.36. The molecular weight excluding hydrogens is 533 g/mol. The first kappa shape index (κ1) is 25.6. The Balaban J connectivity index is 1.88. The molecule has 0 amide bonds. The van der Waals surface area contributed by atoms with Gasteiger partial charge in [-0.05, 0) is 60.7 Å². The SMILES string of the molecule is O=P(c1cccnc1)(c1cccnc1)c1cc(C(F)(F)F)cc(P(=O)(c2cccnc2)c2cccnc2)n1. The summed E-state index contributed by atoms with van der Waals surface area (Å²) in [5.74, 6) is 0. The average molecular weight is 551 g/mol. The van der Waals surface area contributed by atoms with Gasteiger partial charge in [0.1, 0.15) is 10.9 Å². The number of aromatic nitrogens is 5. The minimum atomic E-state index is -4.85. The molecule has 0 saturated heterocycles. The molecule has 190 valence electrons. The molecule has 0 aliphatic carbocycles. The first-order valence-corrected chi connectivity index (χ1v) is 14.6. The molecule has 38 heavy (non-hydrogen) atoms.